The van der Waals surface area contributed by atoms with Gasteiger partial charge in [0.05, 0.1) is 32.1 Å². The van der Waals surface area contributed by atoms with Crippen molar-refractivity contribution in [2.24, 2.45) is 0 Å². The Morgan fingerprint density at radius 3 is 2.23 bits per heavy atom. The van der Waals surface area contributed by atoms with E-state index in [4.69, 9.17) is 18.9 Å². The molecule has 0 N–H and O–H groups in total. The molecule has 3 rings (SSSR count). The lowest BCUT2D eigenvalue weighted by Crippen LogP contribution is -2.06. The number of hydrogen-bond donors (Lipinski definition) is 0. The first-order valence-corrected chi connectivity index (χ1v) is 8.73. The Morgan fingerprint density at radius 1 is 0.968 bits per heavy atom. The fourth-order valence-corrected chi connectivity index (χ4v) is 2.54. The standard InChI is InChI=1S/C22H17N3O5.ClH/c1-27-13-17(22(26)28-2)16-8-4-6-10-19(16)30-21-11-20(24-14-25-21)29-18-9-5-3-7-15(18)12-23;/h3-11,13-14H,1-2H3;1H/b17-13+;. The molecule has 1 heterocycles. The molecule has 158 valence electrons. The second kappa shape index (κ2) is 11.2. The summed E-state index contributed by atoms with van der Waals surface area (Å²) in [6, 6.07) is 17.2. The van der Waals surface area contributed by atoms with Crippen LogP contribution in [0.5, 0.6) is 23.3 Å². The minimum absolute atomic E-state index is 0. The van der Waals surface area contributed by atoms with Crippen molar-refractivity contribution >= 4 is 23.9 Å². The largest absolute Gasteiger partial charge is 0.503 e. The van der Waals surface area contributed by atoms with Crippen LogP contribution in [-0.2, 0) is 14.3 Å². The molecule has 0 bridgehead atoms. The van der Waals surface area contributed by atoms with Crippen LogP contribution in [0, 0.1) is 11.3 Å². The smallest absolute Gasteiger partial charge is 0.341 e. The number of methoxy groups -OCH3 is 2. The van der Waals surface area contributed by atoms with Crippen LogP contribution in [0.1, 0.15) is 11.1 Å². The summed E-state index contributed by atoms with van der Waals surface area (Å²) in [6.07, 6.45) is 2.55. The van der Waals surface area contributed by atoms with Gasteiger partial charge in [0.25, 0.3) is 0 Å². The number of halogens is 1. The minimum Gasteiger partial charge on any atom is -0.503 e. The Kier molecular flexibility index (Phi) is 8.37. The Labute approximate surface area is 185 Å². The molecule has 3 aromatic rings. The van der Waals surface area contributed by atoms with Crippen molar-refractivity contribution in [2.75, 3.05) is 14.2 Å². The number of ether oxygens (including phenoxy) is 4. The van der Waals surface area contributed by atoms with Gasteiger partial charge in [0.2, 0.25) is 11.8 Å². The van der Waals surface area contributed by atoms with Crippen LogP contribution in [0.2, 0.25) is 0 Å². The summed E-state index contributed by atoms with van der Waals surface area (Å²) in [7, 11) is 2.71. The molecule has 0 radical (unpaired) electrons. The number of hydrogen-bond acceptors (Lipinski definition) is 8. The van der Waals surface area contributed by atoms with E-state index in [9.17, 15) is 10.1 Å². The van der Waals surface area contributed by atoms with Gasteiger partial charge in [0.15, 0.2) is 0 Å². The zero-order valence-electron chi connectivity index (χ0n) is 16.6. The topological polar surface area (TPSA) is 104 Å². The van der Waals surface area contributed by atoms with Crippen LogP contribution in [-0.4, -0.2) is 30.2 Å². The monoisotopic (exact) mass is 439 g/mol. The molecule has 0 aliphatic heterocycles. The van der Waals surface area contributed by atoms with Crippen molar-refractivity contribution < 1.29 is 23.7 Å². The van der Waals surface area contributed by atoms with Gasteiger partial charge in [-0.05, 0) is 18.2 Å². The van der Waals surface area contributed by atoms with E-state index in [2.05, 4.69) is 16.0 Å². The Morgan fingerprint density at radius 2 is 1.58 bits per heavy atom. The van der Waals surface area contributed by atoms with Gasteiger partial charge >= 0.3 is 5.97 Å². The maximum absolute atomic E-state index is 12.1. The normalized spacial score (nSPS) is 10.3. The molecule has 8 nitrogen and oxygen atoms in total. The van der Waals surface area contributed by atoms with Crippen molar-refractivity contribution in [2.45, 2.75) is 0 Å². The van der Waals surface area contributed by atoms with Gasteiger partial charge < -0.3 is 18.9 Å². The zero-order valence-corrected chi connectivity index (χ0v) is 17.5. The minimum atomic E-state index is -0.576. The fraction of sp³-hybridized carbons (Fsp3) is 0.0909. The first-order chi connectivity index (χ1) is 14.7. The lowest BCUT2D eigenvalue weighted by Gasteiger charge is -2.12. The molecule has 0 spiro atoms. The summed E-state index contributed by atoms with van der Waals surface area (Å²) in [5.41, 5.74) is 1.02. The number of carbonyl (C=O) groups excluding carboxylic acids is 1. The highest BCUT2D eigenvalue weighted by Crippen LogP contribution is 2.32. The number of nitriles is 1. The molecule has 1 aromatic heterocycles. The summed E-state index contributed by atoms with van der Waals surface area (Å²) in [4.78, 5) is 20.3. The number of benzene rings is 2. The molecule has 2 aromatic carbocycles. The van der Waals surface area contributed by atoms with Crippen molar-refractivity contribution in [3.8, 4) is 29.3 Å². The fourth-order valence-electron chi connectivity index (χ4n) is 2.54. The van der Waals surface area contributed by atoms with Crippen LogP contribution < -0.4 is 9.47 Å². The van der Waals surface area contributed by atoms with E-state index in [1.54, 1.807) is 48.5 Å². The summed E-state index contributed by atoms with van der Waals surface area (Å²) in [5.74, 6) is 0.520. The van der Waals surface area contributed by atoms with E-state index in [1.165, 1.54) is 32.9 Å². The van der Waals surface area contributed by atoms with Crippen LogP contribution in [0.15, 0.2) is 67.2 Å². The molecule has 0 saturated carbocycles. The quantitative estimate of drug-likeness (QED) is 0.301. The first-order valence-electron chi connectivity index (χ1n) is 8.73. The average Bonchev–Trinajstić information content (AvgIpc) is 2.78. The van der Waals surface area contributed by atoms with Crippen molar-refractivity contribution in [1.29, 1.82) is 5.26 Å². The van der Waals surface area contributed by atoms with Crippen LogP contribution in [0.3, 0.4) is 0 Å². The van der Waals surface area contributed by atoms with Crippen LogP contribution >= 0.6 is 12.4 Å². The SMILES string of the molecule is CO/C=C(/C(=O)OC)c1ccccc1Oc1cc(Oc2ccccc2C#N)ncn1.Cl. The number of rotatable bonds is 7. The van der Waals surface area contributed by atoms with Crippen molar-refractivity contribution in [1.82, 2.24) is 9.97 Å². The lowest BCUT2D eigenvalue weighted by atomic mass is 10.1. The van der Waals surface area contributed by atoms with Crippen molar-refractivity contribution in [3.63, 3.8) is 0 Å². The van der Waals surface area contributed by atoms with Gasteiger partial charge in [-0.3, -0.25) is 0 Å². The highest BCUT2D eigenvalue weighted by molar-refractivity contribution is 6.17. The second-order valence-electron chi connectivity index (χ2n) is 5.76. The number of para-hydroxylation sites is 2. The molecule has 0 aliphatic rings. The molecular weight excluding hydrogens is 422 g/mol. The van der Waals surface area contributed by atoms with E-state index in [1.807, 2.05) is 0 Å². The van der Waals surface area contributed by atoms with E-state index < -0.39 is 5.97 Å². The number of nitrogens with zero attached hydrogens (tertiary/aromatic N) is 3. The highest BCUT2D eigenvalue weighted by atomic mass is 35.5. The number of carbonyl (C=O) groups is 1. The number of aromatic nitrogens is 2. The molecular formula is C22H18ClN3O5. The molecule has 0 fully saturated rings. The molecule has 0 amide bonds. The van der Waals surface area contributed by atoms with Gasteiger partial charge in [-0.2, -0.15) is 5.26 Å². The molecule has 0 saturated heterocycles. The summed E-state index contributed by atoms with van der Waals surface area (Å²) < 4.78 is 21.4. The zero-order chi connectivity index (χ0) is 21.3. The van der Waals surface area contributed by atoms with E-state index >= 15 is 0 Å². The molecule has 0 unspecified atom stereocenters. The summed E-state index contributed by atoms with van der Waals surface area (Å²) in [6.45, 7) is 0. The third kappa shape index (κ3) is 5.72. The highest BCUT2D eigenvalue weighted by Gasteiger charge is 2.18. The van der Waals surface area contributed by atoms with Crippen molar-refractivity contribution in [3.05, 3.63) is 78.3 Å². The Balaban J connectivity index is 0.00000341. The van der Waals surface area contributed by atoms with Gasteiger partial charge in [-0.25, -0.2) is 14.8 Å². The Hall–Kier alpha value is -4.09. The predicted molar refractivity (Wildman–Crippen MR) is 114 cm³/mol. The van der Waals surface area contributed by atoms with Gasteiger partial charge in [0, 0.05) is 5.56 Å². The molecule has 9 heteroatoms. The maximum atomic E-state index is 12.1. The third-order valence-corrected chi connectivity index (χ3v) is 3.87. The molecule has 0 aliphatic carbocycles. The molecule has 31 heavy (non-hydrogen) atoms. The Bertz CT molecular complexity index is 1130. The lowest BCUT2D eigenvalue weighted by molar-refractivity contribution is -0.133. The van der Waals surface area contributed by atoms with E-state index in [0.717, 1.165) is 0 Å². The van der Waals surface area contributed by atoms with Crippen LogP contribution in [0.4, 0.5) is 0 Å². The van der Waals surface area contributed by atoms with E-state index in [0.29, 0.717) is 22.6 Å². The third-order valence-electron chi connectivity index (χ3n) is 3.87. The first kappa shape index (κ1) is 23.2. The number of esters is 1. The maximum Gasteiger partial charge on any atom is 0.341 e. The summed E-state index contributed by atoms with van der Waals surface area (Å²) in [5, 5.41) is 9.20. The van der Waals surface area contributed by atoms with Crippen LogP contribution in [0.25, 0.3) is 5.57 Å². The predicted octanol–water partition coefficient (Wildman–Crippen LogP) is 4.51. The van der Waals surface area contributed by atoms with E-state index in [-0.39, 0.29) is 29.7 Å². The second-order valence-corrected chi connectivity index (χ2v) is 5.76. The van der Waals surface area contributed by atoms with Gasteiger partial charge in [-0.15, -0.1) is 12.4 Å². The van der Waals surface area contributed by atoms with Gasteiger partial charge in [0.1, 0.15) is 29.5 Å². The summed E-state index contributed by atoms with van der Waals surface area (Å²) >= 11 is 0. The van der Waals surface area contributed by atoms with Gasteiger partial charge in [-0.1, -0.05) is 30.3 Å². The molecule has 0 atom stereocenters. The average molecular weight is 440 g/mol.